The van der Waals surface area contributed by atoms with Gasteiger partial charge in [0.15, 0.2) is 6.61 Å². The molecule has 132 valence electrons. The summed E-state index contributed by atoms with van der Waals surface area (Å²) in [5.41, 5.74) is 2.41. The maximum atomic E-state index is 12.4. The van der Waals surface area contributed by atoms with Crippen LogP contribution in [-0.2, 0) is 9.53 Å². The predicted octanol–water partition coefficient (Wildman–Crippen LogP) is 4.86. The van der Waals surface area contributed by atoms with Crippen molar-refractivity contribution in [2.45, 2.75) is 6.92 Å². The maximum absolute atomic E-state index is 12.4. The van der Waals surface area contributed by atoms with Crippen LogP contribution in [0.15, 0.2) is 57.5 Å². The molecule has 0 atom stereocenters. The zero-order valence-corrected chi connectivity index (χ0v) is 16.9. The third kappa shape index (κ3) is 4.28. The first-order chi connectivity index (χ1) is 12.4. The highest BCUT2D eigenvalue weighted by Gasteiger charge is 2.15. The molecule has 0 radical (unpaired) electrons. The number of para-hydroxylation sites is 1. The number of benzene rings is 2. The molecule has 26 heavy (non-hydrogen) atoms. The molecule has 0 saturated heterocycles. The Morgan fingerprint density at radius 1 is 1.12 bits per heavy atom. The molecule has 3 aromatic rings. The average molecular weight is 478 g/mol. The fraction of sp³-hybridized carbons (Fsp3) is 0.105. The number of hydrogen-bond acceptors (Lipinski definition) is 4. The molecule has 0 unspecified atom stereocenters. The molecule has 0 fully saturated rings. The molecule has 5 nitrogen and oxygen atoms in total. The minimum absolute atomic E-state index is 0.378. The second-order valence-corrected chi connectivity index (χ2v) is 7.35. The number of anilines is 1. The molecule has 0 spiro atoms. The van der Waals surface area contributed by atoms with Crippen LogP contribution in [-0.4, -0.2) is 23.5 Å². The molecule has 0 aliphatic rings. The average Bonchev–Trinajstić information content (AvgIpc) is 2.61. The van der Waals surface area contributed by atoms with Crippen molar-refractivity contribution in [2.24, 2.45) is 0 Å². The second-order valence-electron chi connectivity index (χ2n) is 5.58. The number of esters is 1. The van der Waals surface area contributed by atoms with Crippen LogP contribution in [0.5, 0.6) is 0 Å². The van der Waals surface area contributed by atoms with Gasteiger partial charge in [0.25, 0.3) is 5.91 Å². The van der Waals surface area contributed by atoms with Crippen LogP contribution < -0.4 is 5.32 Å². The Bertz CT molecular complexity index is 1010. The zero-order chi connectivity index (χ0) is 18.7. The predicted molar refractivity (Wildman–Crippen MR) is 107 cm³/mol. The second kappa shape index (κ2) is 7.97. The van der Waals surface area contributed by atoms with Gasteiger partial charge in [-0.1, -0.05) is 34.1 Å². The summed E-state index contributed by atoms with van der Waals surface area (Å²) < 4.78 is 6.79. The first-order valence-corrected chi connectivity index (χ1v) is 9.31. The van der Waals surface area contributed by atoms with E-state index in [4.69, 9.17) is 4.74 Å². The molecule has 1 heterocycles. The van der Waals surface area contributed by atoms with Crippen LogP contribution in [0.25, 0.3) is 10.9 Å². The molecular weight excluding hydrogens is 464 g/mol. The highest BCUT2D eigenvalue weighted by molar-refractivity contribution is 9.11. The maximum Gasteiger partial charge on any atom is 0.339 e. The lowest BCUT2D eigenvalue weighted by Gasteiger charge is -2.10. The smallest absolute Gasteiger partial charge is 0.339 e. The van der Waals surface area contributed by atoms with E-state index in [0.717, 1.165) is 8.95 Å². The largest absolute Gasteiger partial charge is 0.452 e. The first kappa shape index (κ1) is 18.5. The normalized spacial score (nSPS) is 10.6. The van der Waals surface area contributed by atoms with E-state index in [9.17, 15) is 9.59 Å². The number of carbonyl (C=O) groups excluding carboxylic acids is 2. The van der Waals surface area contributed by atoms with Crippen LogP contribution >= 0.6 is 31.9 Å². The summed E-state index contributed by atoms with van der Waals surface area (Å²) in [6, 6.07) is 14.3. The number of rotatable bonds is 4. The number of aromatic nitrogens is 1. The fourth-order valence-electron chi connectivity index (χ4n) is 2.46. The van der Waals surface area contributed by atoms with Gasteiger partial charge in [0.2, 0.25) is 0 Å². The lowest BCUT2D eigenvalue weighted by molar-refractivity contribution is -0.119. The molecule has 1 aromatic heterocycles. The molecule has 7 heteroatoms. The van der Waals surface area contributed by atoms with Gasteiger partial charge in [-0.2, -0.15) is 0 Å². The third-order valence-corrected chi connectivity index (χ3v) is 4.75. The van der Waals surface area contributed by atoms with Crippen molar-refractivity contribution in [3.8, 4) is 0 Å². The number of fused-ring (bicyclic) bond motifs is 1. The van der Waals surface area contributed by atoms with Gasteiger partial charge in [0, 0.05) is 20.0 Å². The number of halogens is 2. The molecule has 1 N–H and O–H groups in total. The van der Waals surface area contributed by atoms with Crippen LogP contribution in [0.4, 0.5) is 5.69 Å². The number of amides is 1. The van der Waals surface area contributed by atoms with Gasteiger partial charge >= 0.3 is 5.97 Å². The Morgan fingerprint density at radius 3 is 2.65 bits per heavy atom. The lowest BCUT2D eigenvalue weighted by Crippen LogP contribution is -2.21. The highest BCUT2D eigenvalue weighted by atomic mass is 79.9. The van der Waals surface area contributed by atoms with Crippen LogP contribution in [0.1, 0.15) is 16.1 Å². The Balaban J connectivity index is 1.70. The minimum Gasteiger partial charge on any atom is -0.452 e. The van der Waals surface area contributed by atoms with E-state index in [2.05, 4.69) is 42.2 Å². The third-order valence-electron chi connectivity index (χ3n) is 3.60. The summed E-state index contributed by atoms with van der Waals surface area (Å²) in [6.45, 7) is 1.43. The van der Waals surface area contributed by atoms with E-state index in [1.165, 1.54) is 0 Å². The molecular formula is C19H14Br2N2O3. The van der Waals surface area contributed by atoms with Crippen molar-refractivity contribution >= 4 is 60.3 Å². The highest BCUT2D eigenvalue weighted by Crippen LogP contribution is 2.26. The molecule has 0 aliphatic carbocycles. The van der Waals surface area contributed by atoms with E-state index in [0.29, 0.717) is 27.8 Å². The SMILES string of the molecule is Cc1cc(C(=O)OCC(=O)Nc2ccc(Br)cc2Br)c2ccccc2n1. The molecule has 0 bridgehead atoms. The van der Waals surface area contributed by atoms with Crippen molar-refractivity contribution in [1.82, 2.24) is 4.98 Å². The van der Waals surface area contributed by atoms with Gasteiger partial charge in [-0.15, -0.1) is 0 Å². The van der Waals surface area contributed by atoms with Crippen molar-refractivity contribution in [2.75, 3.05) is 11.9 Å². The molecule has 0 aliphatic heterocycles. The van der Waals surface area contributed by atoms with Gasteiger partial charge in [0.05, 0.1) is 16.8 Å². The van der Waals surface area contributed by atoms with Crippen LogP contribution in [0.2, 0.25) is 0 Å². The van der Waals surface area contributed by atoms with Gasteiger partial charge in [-0.25, -0.2) is 4.79 Å². The molecule has 0 saturated carbocycles. The Kier molecular flexibility index (Phi) is 5.68. The monoisotopic (exact) mass is 476 g/mol. The quantitative estimate of drug-likeness (QED) is 0.544. The van der Waals surface area contributed by atoms with E-state index in [1.54, 1.807) is 31.2 Å². The van der Waals surface area contributed by atoms with Gasteiger partial charge in [-0.3, -0.25) is 9.78 Å². The summed E-state index contributed by atoms with van der Waals surface area (Å²) in [6.07, 6.45) is 0. The number of aryl methyl sites for hydroxylation is 1. The van der Waals surface area contributed by atoms with Crippen molar-refractivity contribution in [3.63, 3.8) is 0 Å². The topological polar surface area (TPSA) is 68.3 Å². The van der Waals surface area contributed by atoms with E-state index in [1.807, 2.05) is 24.3 Å². The van der Waals surface area contributed by atoms with Gasteiger partial charge in [0.1, 0.15) is 0 Å². The van der Waals surface area contributed by atoms with E-state index in [-0.39, 0.29) is 6.61 Å². The fourth-order valence-corrected chi connectivity index (χ4v) is 3.61. The molecule has 2 aromatic carbocycles. The summed E-state index contributed by atoms with van der Waals surface area (Å²) in [4.78, 5) is 28.9. The number of hydrogen-bond donors (Lipinski definition) is 1. The van der Waals surface area contributed by atoms with E-state index >= 15 is 0 Å². The van der Waals surface area contributed by atoms with Crippen LogP contribution in [0, 0.1) is 6.92 Å². The number of nitrogens with zero attached hydrogens (tertiary/aromatic N) is 1. The summed E-state index contributed by atoms with van der Waals surface area (Å²) in [5.74, 6) is -0.979. The van der Waals surface area contributed by atoms with Crippen LogP contribution in [0.3, 0.4) is 0 Å². The molecule has 3 rings (SSSR count). The Labute approximate surface area is 167 Å². The van der Waals surface area contributed by atoms with Crippen molar-refractivity contribution < 1.29 is 14.3 Å². The Hall–Kier alpha value is -2.25. The van der Waals surface area contributed by atoms with Gasteiger partial charge < -0.3 is 10.1 Å². The minimum atomic E-state index is -0.559. The molecule has 1 amide bonds. The number of pyridine rings is 1. The lowest BCUT2D eigenvalue weighted by atomic mass is 10.1. The number of carbonyl (C=O) groups is 2. The summed E-state index contributed by atoms with van der Waals surface area (Å²) >= 11 is 6.71. The van der Waals surface area contributed by atoms with E-state index < -0.39 is 11.9 Å². The summed E-state index contributed by atoms with van der Waals surface area (Å²) in [5, 5.41) is 3.39. The zero-order valence-electron chi connectivity index (χ0n) is 13.8. The first-order valence-electron chi connectivity index (χ1n) is 7.72. The summed E-state index contributed by atoms with van der Waals surface area (Å²) in [7, 11) is 0. The van der Waals surface area contributed by atoms with Gasteiger partial charge in [-0.05, 0) is 53.2 Å². The standard InChI is InChI=1S/C19H14Br2N2O3/c1-11-8-14(13-4-2-3-5-16(13)22-11)19(25)26-10-18(24)23-17-7-6-12(20)9-15(17)21/h2-9H,10H2,1H3,(H,23,24). The number of nitrogens with one attached hydrogen (secondary N) is 1. The van der Waals surface area contributed by atoms with Crippen molar-refractivity contribution in [1.29, 1.82) is 0 Å². The number of ether oxygens (including phenoxy) is 1. The van der Waals surface area contributed by atoms with Crippen molar-refractivity contribution in [3.05, 3.63) is 68.7 Å². The Morgan fingerprint density at radius 2 is 1.88 bits per heavy atom.